The Bertz CT molecular complexity index is 1050. The molecule has 0 spiro atoms. The third-order valence-corrected chi connectivity index (χ3v) is 6.03. The normalized spacial score (nSPS) is 20.5. The van der Waals surface area contributed by atoms with Crippen LogP contribution in [0.1, 0.15) is 61.8 Å². The number of carbonyl (C=O) groups is 2. The highest BCUT2D eigenvalue weighted by atomic mass is 16.6. The third-order valence-electron chi connectivity index (χ3n) is 6.03. The Morgan fingerprint density at radius 1 is 1.12 bits per heavy atom. The Morgan fingerprint density at radius 3 is 2.69 bits per heavy atom. The Morgan fingerprint density at radius 2 is 1.91 bits per heavy atom. The smallest absolute Gasteiger partial charge is 0.411 e. The highest BCUT2D eigenvalue weighted by molar-refractivity contribution is 5.93. The van der Waals surface area contributed by atoms with Crippen LogP contribution < -0.4 is 0 Å². The SMILES string of the molecule is CC(C)(C)OC(=O)N1Cc2cc(O)ccc2C[C@H]1C(=O)N=CC1CCCc2ccccc21. The number of aliphatic imine (C=N–C) groups is 1. The molecule has 168 valence electrons. The van der Waals surface area contributed by atoms with E-state index in [9.17, 15) is 14.7 Å². The molecule has 6 nitrogen and oxygen atoms in total. The number of benzene rings is 2. The quantitative estimate of drug-likeness (QED) is 0.691. The Balaban J connectivity index is 1.59. The summed E-state index contributed by atoms with van der Waals surface area (Å²) >= 11 is 0. The summed E-state index contributed by atoms with van der Waals surface area (Å²) in [6.45, 7) is 5.58. The van der Waals surface area contributed by atoms with E-state index in [1.165, 1.54) is 16.0 Å². The van der Waals surface area contributed by atoms with E-state index in [-0.39, 0.29) is 24.1 Å². The molecule has 1 N–H and O–H groups in total. The zero-order valence-electron chi connectivity index (χ0n) is 18.9. The molecular formula is C26H30N2O4. The van der Waals surface area contributed by atoms with Gasteiger partial charge in [0.15, 0.2) is 0 Å². The molecule has 2 amide bonds. The molecule has 1 aliphatic heterocycles. The molecule has 0 aromatic heterocycles. The van der Waals surface area contributed by atoms with Crippen molar-refractivity contribution in [2.45, 2.75) is 70.6 Å². The van der Waals surface area contributed by atoms with Crippen LogP contribution in [0, 0.1) is 0 Å². The van der Waals surface area contributed by atoms with Gasteiger partial charge >= 0.3 is 6.09 Å². The zero-order chi connectivity index (χ0) is 22.9. The van der Waals surface area contributed by atoms with Gasteiger partial charge in [0.05, 0.1) is 6.54 Å². The minimum absolute atomic E-state index is 0.103. The van der Waals surface area contributed by atoms with Crippen molar-refractivity contribution in [3.8, 4) is 5.75 Å². The van der Waals surface area contributed by atoms with Crippen molar-refractivity contribution >= 4 is 18.2 Å². The molecule has 6 heteroatoms. The lowest BCUT2D eigenvalue weighted by Crippen LogP contribution is -2.49. The molecule has 0 saturated carbocycles. The minimum Gasteiger partial charge on any atom is -0.508 e. The van der Waals surface area contributed by atoms with Gasteiger partial charge in [-0.25, -0.2) is 9.79 Å². The predicted octanol–water partition coefficient (Wildman–Crippen LogP) is 4.77. The van der Waals surface area contributed by atoms with E-state index in [4.69, 9.17) is 4.74 Å². The number of fused-ring (bicyclic) bond motifs is 2. The van der Waals surface area contributed by atoms with Crippen LogP contribution in [-0.4, -0.2) is 39.9 Å². The van der Waals surface area contributed by atoms with Crippen LogP contribution in [0.4, 0.5) is 4.79 Å². The van der Waals surface area contributed by atoms with Gasteiger partial charge in [0.25, 0.3) is 5.91 Å². The lowest BCUT2D eigenvalue weighted by molar-refractivity contribution is -0.123. The molecule has 2 aromatic carbocycles. The molecule has 0 radical (unpaired) electrons. The van der Waals surface area contributed by atoms with E-state index >= 15 is 0 Å². The Labute approximate surface area is 188 Å². The summed E-state index contributed by atoms with van der Waals surface area (Å²) in [5.74, 6) is -0.115. The number of nitrogens with zero attached hydrogens (tertiary/aromatic N) is 2. The largest absolute Gasteiger partial charge is 0.508 e. The van der Waals surface area contributed by atoms with Gasteiger partial charge in [-0.05, 0) is 74.4 Å². The molecule has 4 rings (SSSR count). The molecule has 2 aromatic rings. The summed E-state index contributed by atoms with van der Waals surface area (Å²) in [6, 6.07) is 12.6. The van der Waals surface area contributed by atoms with Gasteiger partial charge in [-0.3, -0.25) is 9.69 Å². The first-order chi connectivity index (χ1) is 15.2. The fraction of sp³-hybridized carbons (Fsp3) is 0.423. The van der Waals surface area contributed by atoms with Crippen molar-refractivity contribution in [2.24, 2.45) is 4.99 Å². The number of ether oxygens (including phenoxy) is 1. The zero-order valence-corrected chi connectivity index (χ0v) is 18.9. The van der Waals surface area contributed by atoms with Gasteiger partial charge in [-0.15, -0.1) is 0 Å². The lowest BCUT2D eigenvalue weighted by Gasteiger charge is -2.36. The number of phenols is 1. The van der Waals surface area contributed by atoms with E-state index in [1.807, 2.05) is 12.1 Å². The van der Waals surface area contributed by atoms with Crippen LogP contribution in [0.3, 0.4) is 0 Å². The highest BCUT2D eigenvalue weighted by Gasteiger charge is 2.37. The standard InChI is InChI=1S/C26H30N2O4/c1-26(2,3)32-25(31)28-16-20-13-21(29)12-11-18(20)14-23(28)24(30)27-15-19-9-6-8-17-7-4-5-10-22(17)19/h4-5,7,10-13,15,19,23,29H,6,8-9,14,16H2,1-3H3/t19?,23-/m0/s1. The molecule has 1 aliphatic carbocycles. The lowest BCUT2D eigenvalue weighted by atomic mass is 9.83. The summed E-state index contributed by atoms with van der Waals surface area (Å²) in [4.78, 5) is 31.9. The first-order valence-corrected chi connectivity index (χ1v) is 11.2. The van der Waals surface area contributed by atoms with E-state index in [0.29, 0.717) is 6.42 Å². The van der Waals surface area contributed by atoms with Gasteiger partial charge in [-0.1, -0.05) is 30.3 Å². The molecule has 0 saturated heterocycles. The van der Waals surface area contributed by atoms with Crippen LogP contribution in [0.5, 0.6) is 5.75 Å². The summed E-state index contributed by atoms with van der Waals surface area (Å²) in [6.07, 6.45) is 4.60. The molecule has 2 atom stereocenters. The number of hydrogen-bond acceptors (Lipinski definition) is 4. The fourth-order valence-corrected chi connectivity index (χ4v) is 4.50. The van der Waals surface area contributed by atoms with Crippen molar-refractivity contribution in [2.75, 3.05) is 0 Å². The molecule has 0 fully saturated rings. The van der Waals surface area contributed by atoms with Crippen LogP contribution in [0.15, 0.2) is 47.5 Å². The van der Waals surface area contributed by atoms with Crippen LogP contribution in [-0.2, 0) is 28.9 Å². The van der Waals surface area contributed by atoms with Gasteiger partial charge in [0.1, 0.15) is 17.4 Å². The van der Waals surface area contributed by atoms with Gasteiger partial charge in [-0.2, -0.15) is 0 Å². The number of aromatic hydroxyl groups is 1. The fourth-order valence-electron chi connectivity index (χ4n) is 4.50. The number of amides is 2. The first kappa shape index (κ1) is 22.1. The number of phenolic OH excluding ortho intramolecular Hbond substituents is 1. The number of carbonyl (C=O) groups excluding carboxylic acids is 2. The maximum atomic E-state index is 13.2. The van der Waals surface area contributed by atoms with Crippen LogP contribution in [0.2, 0.25) is 0 Å². The van der Waals surface area contributed by atoms with E-state index in [0.717, 1.165) is 30.4 Å². The number of aryl methyl sites for hydroxylation is 1. The molecule has 32 heavy (non-hydrogen) atoms. The Kier molecular flexibility index (Phi) is 6.04. The van der Waals surface area contributed by atoms with Crippen molar-refractivity contribution < 1.29 is 19.4 Å². The topological polar surface area (TPSA) is 79.2 Å². The minimum atomic E-state index is -0.739. The summed E-state index contributed by atoms with van der Waals surface area (Å²) < 4.78 is 5.56. The monoisotopic (exact) mass is 434 g/mol. The number of rotatable bonds is 2. The van der Waals surface area contributed by atoms with E-state index < -0.39 is 17.7 Å². The van der Waals surface area contributed by atoms with Gasteiger partial charge in [0.2, 0.25) is 0 Å². The summed E-state index contributed by atoms with van der Waals surface area (Å²) in [5, 5.41) is 9.86. The van der Waals surface area contributed by atoms with Crippen LogP contribution >= 0.6 is 0 Å². The van der Waals surface area contributed by atoms with Crippen molar-refractivity contribution in [3.63, 3.8) is 0 Å². The van der Waals surface area contributed by atoms with Crippen molar-refractivity contribution in [1.82, 2.24) is 4.90 Å². The Hall–Kier alpha value is -3.15. The second-order valence-corrected chi connectivity index (χ2v) is 9.60. The highest BCUT2D eigenvalue weighted by Crippen LogP contribution is 2.31. The molecule has 1 unspecified atom stereocenters. The van der Waals surface area contributed by atoms with Crippen LogP contribution in [0.25, 0.3) is 0 Å². The average molecular weight is 435 g/mol. The maximum absolute atomic E-state index is 13.2. The second-order valence-electron chi connectivity index (χ2n) is 9.60. The van der Waals surface area contributed by atoms with E-state index in [1.54, 1.807) is 45.2 Å². The van der Waals surface area contributed by atoms with Gasteiger partial charge < -0.3 is 9.84 Å². The second kappa shape index (κ2) is 8.77. The van der Waals surface area contributed by atoms with Crippen molar-refractivity contribution in [3.05, 3.63) is 64.7 Å². The molecule has 2 aliphatic rings. The third kappa shape index (κ3) is 4.85. The first-order valence-electron chi connectivity index (χ1n) is 11.2. The maximum Gasteiger partial charge on any atom is 0.411 e. The summed E-state index contributed by atoms with van der Waals surface area (Å²) in [7, 11) is 0. The summed E-state index contributed by atoms with van der Waals surface area (Å²) in [5.41, 5.74) is 3.59. The van der Waals surface area contributed by atoms with E-state index in [2.05, 4.69) is 17.1 Å². The number of hydrogen-bond donors (Lipinski definition) is 1. The van der Waals surface area contributed by atoms with Gasteiger partial charge in [0, 0.05) is 18.6 Å². The molecule has 0 bridgehead atoms. The van der Waals surface area contributed by atoms with Crippen molar-refractivity contribution in [1.29, 1.82) is 0 Å². The predicted molar refractivity (Wildman–Crippen MR) is 123 cm³/mol. The molecule has 1 heterocycles. The average Bonchev–Trinajstić information content (AvgIpc) is 2.75. The molecular weight excluding hydrogens is 404 g/mol.